The van der Waals surface area contributed by atoms with Crippen LogP contribution < -0.4 is 0 Å². The van der Waals surface area contributed by atoms with E-state index >= 15 is 0 Å². The van der Waals surface area contributed by atoms with Crippen LogP contribution in [-0.4, -0.2) is 171 Å². The topological polar surface area (TPSA) is 307 Å². The minimum Gasteiger partial charge on any atom is -0.462 e. The molecule has 2 aliphatic rings. The highest BCUT2D eigenvalue weighted by Gasteiger charge is 2.46. The van der Waals surface area contributed by atoms with Crippen molar-refractivity contribution >= 4 is 19.8 Å². The molecule has 2 aliphatic heterocycles. The Balaban J connectivity index is 1.97. The average molecular weight is 1100 g/mol. The molecule has 75 heavy (non-hydrogen) atoms. The van der Waals surface area contributed by atoms with Crippen molar-refractivity contribution in [2.24, 2.45) is 0 Å². The molecule has 2 fully saturated rings. The van der Waals surface area contributed by atoms with Crippen molar-refractivity contribution in [2.75, 3.05) is 39.6 Å². The van der Waals surface area contributed by atoms with Crippen LogP contribution in [0.5, 0.6) is 0 Å². The number of phosphoric ester groups is 1. The summed E-state index contributed by atoms with van der Waals surface area (Å²) >= 11 is 0. The Morgan fingerprint density at radius 2 is 0.773 bits per heavy atom. The molecule has 444 valence electrons. The molecular formula is C54H103O20P. The van der Waals surface area contributed by atoms with Crippen molar-refractivity contribution in [3.63, 3.8) is 0 Å². The van der Waals surface area contributed by atoms with Crippen LogP contribution in [0.2, 0.25) is 0 Å². The molecule has 0 aromatic carbocycles. The Bertz CT molecular complexity index is 1410. The van der Waals surface area contributed by atoms with Gasteiger partial charge in [0, 0.05) is 12.8 Å². The molecule has 20 nitrogen and oxygen atoms in total. The molecule has 0 saturated carbocycles. The van der Waals surface area contributed by atoms with E-state index < -0.39 is 133 Å². The maximum Gasteiger partial charge on any atom is 0.472 e. The lowest BCUT2D eigenvalue weighted by Crippen LogP contribution is -2.60. The van der Waals surface area contributed by atoms with Crippen LogP contribution in [0.25, 0.3) is 0 Å². The summed E-state index contributed by atoms with van der Waals surface area (Å²) in [4.78, 5) is 36.9. The van der Waals surface area contributed by atoms with Crippen molar-refractivity contribution in [1.82, 2.24) is 0 Å². The van der Waals surface area contributed by atoms with Crippen LogP contribution in [-0.2, 0) is 51.6 Å². The Hall–Kier alpha value is -1.43. The average Bonchev–Trinajstić information content (AvgIpc) is 3.39. The zero-order chi connectivity index (χ0) is 55.1. The first-order valence-corrected chi connectivity index (χ1v) is 30.5. The number of aliphatic hydroxyl groups excluding tert-OH is 8. The largest absolute Gasteiger partial charge is 0.472 e. The number of ether oxygens (including phenoxy) is 6. The van der Waals surface area contributed by atoms with Gasteiger partial charge in [0.15, 0.2) is 18.7 Å². The van der Waals surface area contributed by atoms with Gasteiger partial charge in [0.25, 0.3) is 0 Å². The molecule has 9 N–H and O–H groups in total. The molecule has 2 heterocycles. The fourth-order valence-corrected chi connectivity index (χ4v) is 10.1. The zero-order valence-corrected chi connectivity index (χ0v) is 46.7. The Morgan fingerprint density at radius 3 is 1.12 bits per heavy atom. The summed E-state index contributed by atoms with van der Waals surface area (Å²) in [5.74, 6) is -1.16. The second-order valence-electron chi connectivity index (χ2n) is 20.7. The van der Waals surface area contributed by atoms with Crippen molar-refractivity contribution in [3.05, 3.63) is 0 Å². The first-order chi connectivity index (χ1) is 36.2. The summed E-state index contributed by atoms with van der Waals surface area (Å²) in [7, 11) is -5.20. The number of carbonyl (C=O) groups excluding carboxylic acids is 2. The van der Waals surface area contributed by atoms with Gasteiger partial charge in [-0.25, -0.2) is 4.57 Å². The number of esters is 2. The molecule has 2 saturated heterocycles. The number of carbonyl (C=O) groups is 2. The first-order valence-electron chi connectivity index (χ1n) is 29.0. The summed E-state index contributed by atoms with van der Waals surface area (Å²) in [5.41, 5.74) is 0. The Morgan fingerprint density at radius 1 is 0.440 bits per heavy atom. The summed E-state index contributed by atoms with van der Waals surface area (Å²) in [6, 6.07) is 0. The van der Waals surface area contributed by atoms with Crippen LogP contribution in [0.4, 0.5) is 0 Å². The normalized spacial score (nSPS) is 25.7. The SMILES string of the molecule is CCCCCCCCCCCCCCCCCC(=O)OC[C@H](COP(=O)(O)OC(COC1OC(CO)C(O)C(O)C1O)COC1OC(CO)C(O)C(O)C1O)OC(=O)CCCCCCCCCCCCCCCCC. The molecule has 0 bridgehead atoms. The van der Waals surface area contributed by atoms with Crippen LogP contribution in [0.1, 0.15) is 219 Å². The van der Waals surface area contributed by atoms with Gasteiger partial charge < -0.3 is 74.2 Å². The lowest BCUT2D eigenvalue weighted by Gasteiger charge is -2.40. The molecule has 0 aromatic rings. The van der Waals surface area contributed by atoms with E-state index in [4.69, 9.17) is 37.5 Å². The third kappa shape index (κ3) is 31.8. The maximum atomic E-state index is 13.5. The van der Waals surface area contributed by atoms with Crippen molar-refractivity contribution in [1.29, 1.82) is 0 Å². The van der Waals surface area contributed by atoms with Gasteiger partial charge in [-0.05, 0) is 12.8 Å². The van der Waals surface area contributed by atoms with Crippen LogP contribution in [0.3, 0.4) is 0 Å². The van der Waals surface area contributed by atoms with Gasteiger partial charge in [-0.15, -0.1) is 0 Å². The highest BCUT2D eigenvalue weighted by molar-refractivity contribution is 7.47. The number of rotatable bonds is 48. The Kier molecular flexibility index (Phi) is 40.3. The molecule has 12 atom stereocenters. The van der Waals surface area contributed by atoms with Crippen LogP contribution >= 0.6 is 7.82 Å². The lowest BCUT2D eigenvalue weighted by atomic mass is 9.99. The molecule has 0 radical (unpaired) electrons. The van der Waals surface area contributed by atoms with Gasteiger partial charge in [0.1, 0.15) is 61.5 Å². The summed E-state index contributed by atoms with van der Waals surface area (Å²) < 4.78 is 57.1. The minimum atomic E-state index is -5.20. The van der Waals surface area contributed by atoms with Crippen molar-refractivity contribution in [2.45, 2.75) is 293 Å². The van der Waals surface area contributed by atoms with E-state index in [2.05, 4.69) is 13.8 Å². The molecule has 0 aliphatic carbocycles. The number of unbranched alkanes of at least 4 members (excludes halogenated alkanes) is 28. The second-order valence-corrected chi connectivity index (χ2v) is 22.2. The molecule has 0 spiro atoms. The standard InChI is InChI=1S/C54H103O20P/c1-3-5-7-9-11-13-15-17-19-21-23-25-27-29-31-33-45(57)67-37-41(71-46(58)34-32-30-28-26-24-22-20-18-16-14-12-10-8-6-4-2)40-70-75(65,66)74-42(38-68-53-51(63)49(61)47(59)43(35-55)72-53)39-69-54-52(64)50(62)48(60)44(36-56)73-54/h41-44,47-56,59-64H,3-40H2,1-2H3,(H,65,66)/t41-,42?,43?,44?,47?,48?,49?,50?,51?,52?,53?,54?/m1/s1. The fraction of sp³-hybridized carbons (Fsp3) is 0.963. The third-order valence-electron chi connectivity index (χ3n) is 14.0. The van der Waals surface area contributed by atoms with Gasteiger partial charge in [0.05, 0.1) is 33.0 Å². The molecule has 0 amide bonds. The van der Waals surface area contributed by atoms with E-state index in [1.54, 1.807) is 0 Å². The number of phosphoric acid groups is 1. The molecule has 11 unspecified atom stereocenters. The van der Waals surface area contributed by atoms with Crippen LogP contribution in [0, 0.1) is 0 Å². The fourth-order valence-electron chi connectivity index (χ4n) is 9.22. The third-order valence-corrected chi connectivity index (χ3v) is 15.0. The van der Waals surface area contributed by atoms with Gasteiger partial charge in [-0.1, -0.05) is 194 Å². The predicted octanol–water partition coefficient (Wildman–Crippen LogP) is 7.10. The number of hydrogen-bond acceptors (Lipinski definition) is 19. The van der Waals surface area contributed by atoms with E-state index in [0.29, 0.717) is 12.8 Å². The van der Waals surface area contributed by atoms with Gasteiger partial charge in [-0.2, -0.15) is 0 Å². The lowest BCUT2D eigenvalue weighted by molar-refractivity contribution is -0.314. The summed E-state index contributed by atoms with van der Waals surface area (Å²) in [6.45, 7) is 0.121. The van der Waals surface area contributed by atoms with Crippen molar-refractivity contribution in [3.8, 4) is 0 Å². The molecular weight excluding hydrogens is 1000 g/mol. The predicted molar refractivity (Wildman–Crippen MR) is 280 cm³/mol. The highest BCUT2D eigenvalue weighted by Crippen LogP contribution is 2.45. The molecule has 21 heteroatoms. The quantitative estimate of drug-likeness (QED) is 0.0167. The van der Waals surface area contributed by atoms with Crippen molar-refractivity contribution < 1.29 is 97.4 Å². The minimum absolute atomic E-state index is 0.0573. The smallest absolute Gasteiger partial charge is 0.462 e. The summed E-state index contributed by atoms with van der Waals surface area (Å²) in [5, 5.41) is 81.2. The van der Waals surface area contributed by atoms with Gasteiger partial charge >= 0.3 is 19.8 Å². The second kappa shape index (κ2) is 43.4. The van der Waals surface area contributed by atoms with E-state index in [1.165, 1.54) is 128 Å². The highest BCUT2D eigenvalue weighted by atomic mass is 31.2. The van der Waals surface area contributed by atoms with Gasteiger partial charge in [-0.3, -0.25) is 18.6 Å². The van der Waals surface area contributed by atoms with E-state index in [1.807, 2.05) is 0 Å². The van der Waals surface area contributed by atoms with E-state index in [-0.39, 0.29) is 12.8 Å². The van der Waals surface area contributed by atoms with E-state index in [0.717, 1.165) is 51.4 Å². The molecule has 2 rings (SSSR count). The first kappa shape index (κ1) is 69.7. The monoisotopic (exact) mass is 1100 g/mol. The Labute approximate surface area is 448 Å². The zero-order valence-electron chi connectivity index (χ0n) is 45.8. The van der Waals surface area contributed by atoms with E-state index in [9.17, 15) is 59.9 Å². The number of hydrogen-bond donors (Lipinski definition) is 9. The van der Waals surface area contributed by atoms with Gasteiger partial charge in [0.2, 0.25) is 0 Å². The summed E-state index contributed by atoms with van der Waals surface area (Å²) in [6.07, 6.45) is 15.2. The number of aliphatic hydroxyl groups is 8. The maximum absolute atomic E-state index is 13.5. The van der Waals surface area contributed by atoms with Crippen LogP contribution in [0.15, 0.2) is 0 Å². The molecule has 0 aromatic heterocycles.